The molecular formula is C16H18N4O. The summed E-state index contributed by atoms with van der Waals surface area (Å²) in [7, 11) is 0. The van der Waals surface area contributed by atoms with Gasteiger partial charge in [0.2, 0.25) is 11.7 Å². The Morgan fingerprint density at radius 2 is 2.00 bits per heavy atom. The lowest BCUT2D eigenvalue weighted by molar-refractivity contribution is 0.363. The second-order valence-corrected chi connectivity index (χ2v) is 5.06. The van der Waals surface area contributed by atoms with Crippen molar-refractivity contribution in [3.05, 3.63) is 42.3 Å². The third-order valence-electron chi connectivity index (χ3n) is 3.33. The van der Waals surface area contributed by atoms with Crippen LogP contribution in [0.5, 0.6) is 0 Å². The monoisotopic (exact) mass is 282 g/mol. The summed E-state index contributed by atoms with van der Waals surface area (Å²) in [6.07, 6.45) is 0.717. The highest BCUT2D eigenvalue weighted by Gasteiger charge is 2.12. The van der Waals surface area contributed by atoms with Gasteiger partial charge in [-0.25, -0.2) is 4.98 Å². The van der Waals surface area contributed by atoms with Crippen molar-refractivity contribution in [2.24, 2.45) is 0 Å². The molecule has 1 atom stereocenters. The van der Waals surface area contributed by atoms with Gasteiger partial charge in [-0.1, -0.05) is 36.3 Å². The third kappa shape index (κ3) is 3.08. The molecule has 0 fully saturated rings. The Kier molecular flexibility index (Phi) is 3.92. The lowest BCUT2D eigenvalue weighted by Crippen LogP contribution is -2.27. The molecule has 0 aliphatic heterocycles. The fourth-order valence-corrected chi connectivity index (χ4v) is 2.31. The summed E-state index contributed by atoms with van der Waals surface area (Å²) >= 11 is 0. The molecule has 3 aromatic rings. The second-order valence-electron chi connectivity index (χ2n) is 5.06. The molecular weight excluding hydrogens is 264 g/mol. The van der Waals surface area contributed by atoms with E-state index in [0.29, 0.717) is 24.2 Å². The number of rotatable bonds is 5. The van der Waals surface area contributed by atoms with Crippen molar-refractivity contribution in [1.29, 1.82) is 0 Å². The van der Waals surface area contributed by atoms with E-state index in [1.165, 1.54) is 0 Å². The van der Waals surface area contributed by atoms with Crippen LogP contribution in [0.3, 0.4) is 0 Å². The highest BCUT2D eigenvalue weighted by atomic mass is 16.5. The molecule has 1 N–H and O–H groups in total. The number of aromatic nitrogens is 3. The first-order valence-electron chi connectivity index (χ1n) is 7.18. The van der Waals surface area contributed by atoms with Crippen LogP contribution < -0.4 is 5.32 Å². The average molecular weight is 282 g/mol. The fraction of sp³-hybridized carbons (Fsp3) is 0.312. The highest BCUT2D eigenvalue weighted by Crippen LogP contribution is 2.18. The van der Waals surface area contributed by atoms with E-state index in [4.69, 9.17) is 4.52 Å². The van der Waals surface area contributed by atoms with Crippen LogP contribution >= 0.6 is 0 Å². The molecule has 2 heterocycles. The largest absolute Gasteiger partial charge is 0.339 e. The summed E-state index contributed by atoms with van der Waals surface area (Å²) < 4.78 is 5.31. The van der Waals surface area contributed by atoms with Gasteiger partial charge >= 0.3 is 0 Å². The Hall–Kier alpha value is -2.27. The molecule has 0 saturated heterocycles. The molecule has 5 heteroatoms. The van der Waals surface area contributed by atoms with Crippen LogP contribution in [0.25, 0.3) is 22.4 Å². The first kappa shape index (κ1) is 13.7. The number of nitrogens with one attached hydrogen (secondary N) is 1. The molecule has 0 radical (unpaired) electrons. The molecule has 0 saturated carbocycles. The Balaban J connectivity index is 1.84. The number of likely N-dealkylation sites (N-methyl/N-ethyl adjacent to an activating group) is 1. The Morgan fingerprint density at radius 3 is 2.86 bits per heavy atom. The molecule has 0 aliphatic rings. The summed E-state index contributed by atoms with van der Waals surface area (Å²) in [5.74, 6) is 1.17. The SMILES string of the molecule is CCNC(C)Cc1nc(-c2ccc3ccccc3n2)no1. The quantitative estimate of drug-likeness (QED) is 0.779. The van der Waals surface area contributed by atoms with Gasteiger partial charge in [-0.2, -0.15) is 4.98 Å². The van der Waals surface area contributed by atoms with Crippen LogP contribution in [0.2, 0.25) is 0 Å². The van der Waals surface area contributed by atoms with E-state index in [0.717, 1.165) is 23.1 Å². The van der Waals surface area contributed by atoms with Crippen molar-refractivity contribution < 1.29 is 4.52 Å². The van der Waals surface area contributed by atoms with Crippen molar-refractivity contribution in [1.82, 2.24) is 20.4 Å². The van der Waals surface area contributed by atoms with Crippen molar-refractivity contribution in [3.8, 4) is 11.5 Å². The van der Waals surface area contributed by atoms with Gasteiger partial charge in [-0.05, 0) is 25.6 Å². The third-order valence-corrected chi connectivity index (χ3v) is 3.33. The van der Waals surface area contributed by atoms with Crippen LogP contribution in [0.4, 0.5) is 0 Å². The number of nitrogens with zero attached hydrogens (tertiary/aromatic N) is 3. The Bertz CT molecular complexity index is 738. The predicted octanol–water partition coefficient (Wildman–Crippen LogP) is 2.83. The minimum atomic E-state index is 0.313. The highest BCUT2D eigenvalue weighted by molar-refractivity contribution is 5.80. The van der Waals surface area contributed by atoms with Crippen molar-refractivity contribution in [2.75, 3.05) is 6.54 Å². The van der Waals surface area contributed by atoms with E-state index in [9.17, 15) is 0 Å². The minimum absolute atomic E-state index is 0.313. The van der Waals surface area contributed by atoms with Gasteiger partial charge in [0.05, 0.1) is 5.52 Å². The molecule has 0 amide bonds. The lowest BCUT2D eigenvalue weighted by atomic mass is 10.2. The molecule has 3 rings (SSSR count). The Labute approximate surface area is 123 Å². The number of para-hydroxylation sites is 1. The normalized spacial score (nSPS) is 12.7. The average Bonchev–Trinajstić information content (AvgIpc) is 2.95. The number of hydrogen-bond acceptors (Lipinski definition) is 5. The van der Waals surface area contributed by atoms with Crippen molar-refractivity contribution in [2.45, 2.75) is 26.3 Å². The summed E-state index contributed by atoms with van der Waals surface area (Å²) in [6.45, 7) is 5.10. The summed E-state index contributed by atoms with van der Waals surface area (Å²) in [4.78, 5) is 9.00. The zero-order valence-electron chi connectivity index (χ0n) is 12.2. The van der Waals surface area contributed by atoms with Gasteiger partial charge in [0.25, 0.3) is 0 Å². The number of benzene rings is 1. The van der Waals surface area contributed by atoms with Gasteiger partial charge in [-0.15, -0.1) is 0 Å². The number of hydrogen-bond donors (Lipinski definition) is 1. The fourth-order valence-electron chi connectivity index (χ4n) is 2.31. The van der Waals surface area contributed by atoms with Crippen LogP contribution in [0.1, 0.15) is 19.7 Å². The van der Waals surface area contributed by atoms with Crippen LogP contribution in [0, 0.1) is 0 Å². The Morgan fingerprint density at radius 1 is 1.14 bits per heavy atom. The molecule has 0 bridgehead atoms. The molecule has 0 spiro atoms. The summed E-state index contributed by atoms with van der Waals surface area (Å²) in [6, 6.07) is 12.2. The van der Waals surface area contributed by atoms with E-state index in [-0.39, 0.29) is 0 Å². The topological polar surface area (TPSA) is 63.8 Å². The molecule has 108 valence electrons. The summed E-state index contributed by atoms with van der Waals surface area (Å²) in [5, 5.41) is 8.46. The zero-order valence-corrected chi connectivity index (χ0v) is 12.2. The van der Waals surface area contributed by atoms with E-state index >= 15 is 0 Å². The molecule has 1 unspecified atom stereocenters. The van der Waals surface area contributed by atoms with E-state index in [1.54, 1.807) is 0 Å². The maximum atomic E-state index is 5.31. The van der Waals surface area contributed by atoms with Gasteiger partial charge in [0.15, 0.2) is 0 Å². The van der Waals surface area contributed by atoms with Gasteiger partial charge in [0.1, 0.15) is 5.69 Å². The standard InChI is InChI=1S/C16H18N4O/c1-3-17-11(2)10-15-19-16(20-21-15)14-9-8-12-6-4-5-7-13(12)18-14/h4-9,11,17H,3,10H2,1-2H3. The minimum Gasteiger partial charge on any atom is -0.339 e. The van der Waals surface area contributed by atoms with Gasteiger partial charge in [0, 0.05) is 17.8 Å². The van der Waals surface area contributed by atoms with E-state index in [1.807, 2.05) is 36.4 Å². The van der Waals surface area contributed by atoms with Gasteiger partial charge < -0.3 is 9.84 Å². The molecule has 5 nitrogen and oxygen atoms in total. The van der Waals surface area contributed by atoms with Crippen LogP contribution in [-0.4, -0.2) is 27.7 Å². The maximum Gasteiger partial charge on any atom is 0.228 e. The second kappa shape index (κ2) is 6.01. The van der Waals surface area contributed by atoms with E-state index in [2.05, 4.69) is 34.3 Å². The molecule has 0 aliphatic carbocycles. The first-order valence-corrected chi connectivity index (χ1v) is 7.18. The smallest absolute Gasteiger partial charge is 0.228 e. The van der Waals surface area contributed by atoms with Crippen LogP contribution in [-0.2, 0) is 6.42 Å². The zero-order chi connectivity index (χ0) is 14.7. The van der Waals surface area contributed by atoms with E-state index < -0.39 is 0 Å². The molecule has 21 heavy (non-hydrogen) atoms. The summed E-state index contributed by atoms with van der Waals surface area (Å²) in [5.41, 5.74) is 1.67. The first-order chi connectivity index (χ1) is 10.3. The molecule has 1 aromatic carbocycles. The van der Waals surface area contributed by atoms with Crippen molar-refractivity contribution >= 4 is 10.9 Å². The number of pyridine rings is 1. The lowest BCUT2D eigenvalue weighted by Gasteiger charge is -2.07. The maximum absolute atomic E-state index is 5.31. The van der Waals surface area contributed by atoms with Crippen LogP contribution in [0.15, 0.2) is 40.9 Å². The predicted molar refractivity (Wildman–Crippen MR) is 81.9 cm³/mol. The van der Waals surface area contributed by atoms with Crippen molar-refractivity contribution in [3.63, 3.8) is 0 Å². The number of fused-ring (bicyclic) bond motifs is 1. The molecule has 2 aromatic heterocycles. The van der Waals surface area contributed by atoms with Gasteiger partial charge in [-0.3, -0.25) is 0 Å².